The van der Waals surface area contributed by atoms with E-state index in [1.807, 2.05) is 6.07 Å². The van der Waals surface area contributed by atoms with Crippen molar-refractivity contribution in [3.8, 4) is 0 Å². The topological polar surface area (TPSA) is 111 Å². The molecule has 1 aromatic carbocycles. The average molecular weight is 466 g/mol. The third kappa shape index (κ3) is 4.90. The van der Waals surface area contributed by atoms with Crippen molar-refractivity contribution in [3.05, 3.63) is 51.8 Å². The number of morpholine rings is 1. The number of aromatic nitrogens is 1. The van der Waals surface area contributed by atoms with E-state index in [0.717, 1.165) is 16.2 Å². The molecule has 0 atom stereocenters. The molecule has 3 heterocycles. The molecular formula is C20H23N3O6S2. The molecule has 1 saturated heterocycles. The van der Waals surface area contributed by atoms with Crippen LogP contribution in [-0.4, -0.2) is 49.5 Å². The minimum atomic E-state index is -3.52. The number of ether oxygens (including phenoxy) is 1. The SMILES string of the molecule is O=C(CCCn1c(=O)oc2ccccc21)NCc1ccc(S(=O)(=O)N2CCOCC2)s1. The van der Waals surface area contributed by atoms with Gasteiger partial charge < -0.3 is 14.5 Å². The molecule has 1 aliphatic heterocycles. The van der Waals surface area contributed by atoms with Gasteiger partial charge in [-0.15, -0.1) is 11.3 Å². The smallest absolute Gasteiger partial charge is 0.408 e. The van der Waals surface area contributed by atoms with E-state index in [-0.39, 0.29) is 23.1 Å². The van der Waals surface area contributed by atoms with E-state index in [0.29, 0.717) is 50.4 Å². The summed E-state index contributed by atoms with van der Waals surface area (Å²) < 4.78 is 38.9. The Morgan fingerprint density at radius 3 is 2.71 bits per heavy atom. The van der Waals surface area contributed by atoms with Crippen LogP contribution in [0, 0.1) is 0 Å². The number of para-hydroxylation sites is 2. The Morgan fingerprint density at radius 1 is 1.13 bits per heavy atom. The lowest BCUT2D eigenvalue weighted by atomic mass is 10.2. The highest BCUT2D eigenvalue weighted by atomic mass is 32.2. The number of hydrogen-bond acceptors (Lipinski definition) is 7. The van der Waals surface area contributed by atoms with Gasteiger partial charge in [0.15, 0.2) is 5.58 Å². The fourth-order valence-electron chi connectivity index (χ4n) is 3.40. The van der Waals surface area contributed by atoms with Gasteiger partial charge in [-0.05, 0) is 30.7 Å². The molecule has 0 radical (unpaired) electrons. The first-order chi connectivity index (χ1) is 14.9. The van der Waals surface area contributed by atoms with Gasteiger partial charge in [0.05, 0.1) is 25.3 Å². The van der Waals surface area contributed by atoms with Crippen molar-refractivity contribution >= 4 is 38.4 Å². The second-order valence-electron chi connectivity index (χ2n) is 7.10. The molecule has 1 aliphatic rings. The summed E-state index contributed by atoms with van der Waals surface area (Å²) in [5.41, 5.74) is 1.23. The molecule has 31 heavy (non-hydrogen) atoms. The number of carbonyl (C=O) groups is 1. The van der Waals surface area contributed by atoms with E-state index in [9.17, 15) is 18.0 Å². The monoisotopic (exact) mass is 465 g/mol. The first-order valence-corrected chi connectivity index (χ1v) is 12.2. The van der Waals surface area contributed by atoms with Crippen molar-refractivity contribution in [1.29, 1.82) is 0 Å². The average Bonchev–Trinajstić information content (AvgIpc) is 3.38. The number of benzene rings is 1. The minimum Gasteiger partial charge on any atom is -0.408 e. The van der Waals surface area contributed by atoms with E-state index in [2.05, 4.69) is 5.32 Å². The number of oxazole rings is 1. The van der Waals surface area contributed by atoms with Crippen molar-refractivity contribution in [2.75, 3.05) is 26.3 Å². The van der Waals surface area contributed by atoms with Crippen molar-refractivity contribution in [3.63, 3.8) is 0 Å². The molecule has 0 spiro atoms. The van der Waals surface area contributed by atoms with E-state index in [1.165, 1.54) is 8.87 Å². The number of amides is 1. The zero-order chi connectivity index (χ0) is 21.8. The van der Waals surface area contributed by atoms with Crippen LogP contribution in [-0.2, 0) is 32.6 Å². The summed E-state index contributed by atoms with van der Waals surface area (Å²) in [5, 5.41) is 2.81. The first-order valence-electron chi connectivity index (χ1n) is 9.97. The Hall–Kier alpha value is -2.47. The van der Waals surface area contributed by atoms with Crippen molar-refractivity contribution in [2.45, 2.75) is 30.1 Å². The predicted molar refractivity (Wildman–Crippen MR) is 115 cm³/mol. The van der Waals surface area contributed by atoms with Gasteiger partial charge in [0.1, 0.15) is 4.21 Å². The van der Waals surface area contributed by atoms with E-state index in [1.54, 1.807) is 30.3 Å². The van der Waals surface area contributed by atoms with Crippen LogP contribution in [0.15, 0.2) is 49.8 Å². The molecular weight excluding hydrogens is 442 g/mol. The first kappa shape index (κ1) is 21.8. The minimum absolute atomic E-state index is 0.160. The third-order valence-electron chi connectivity index (χ3n) is 5.02. The van der Waals surface area contributed by atoms with Crippen LogP contribution in [0.3, 0.4) is 0 Å². The Kier molecular flexibility index (Phi) is 6.56. The zero-order valence-corrected chi connectivity index (χ0v) is 18.4. The van der Waals surface area contributed by atoms with Crippen LogP contribution in [0.4, 0.5) is 0 Å². The number of rotatable bonds is 8. The lowest BCUT2D eigenvalue weighted by Crippen LogP contribution is -2.40. The molecule has 4 rings (SSSR count). The maximum atomic E-state index is 12.7. The number of fused-ring (bicyclic) bond motifs is 1. The Morgan fingerprint density at radius 2 is 1.90 bits per heavy atom. The summed E-state index contributed by atoms with van der Waals surface area (Å²) in [5.74, 6) is -0.596. The highest BCUT2D eigenvalue weighted by molar-refractivity contribution is 7.91. The van der Waals surface area contributed by atoms with Gasteiger partial charge in [-0.3, -0.25) is 9.36 Å². The van der Waals surface area contributed by atoms with Crippen LogP contribution < -0.4 is 11.1 Å². The summed E-state index contributed by atoms with van der Waals surface area (Å²) in [4.78, 5) is 24.9. The fourth-order valence-corrected chi connectivity index (χ4v) is 6.26. The predicted octanol–water partition coefficient (Wildman–Crippen LogP) is 1.77. The molecule has 3 aromatic rings. The fraction of sp³-hybridized carbons (Fsp3) is 0.400. The number of thiophene rings is 1. The highest BCUT2D eigenvalue weighted by Crippen LogP contribution is 2.25. The summed E-state index contributed by atoms with van der Waals surface area (Å²) in [6, 6.07) is 10.5. The van der Waals surface area contributed by atoms with Crippen LogP contribution in [0.1, 0.15) is 17.7 Å². The lowest BCUT2D eigenvalue weighted by Gasteiger charge is -2.25. The number of sulfonamides is 1. The normalized spacial score (nSPS) is 15.4. The van der Waals surface area contributed by atoms with Gasteiger partial charge in [-0.2, -0.15) is 4.31 Å². The summed E-state index contributed by atoms with van der Waals surface area (Å²) in [7, 11) is -3.52. The van der Waals surface area contributed by atoms with Gasteiger partial charge in [-0.1, -0.05) is 12.1 Å². The maximum Gasteiger partial charge on any atom is 0.419 e. The maximum absolute atomic E-state index is 12.7. The van der Waals surface area contributed by atoms with Gasteiger partial charge >= 0.3 is 5.76 Å². The third-order valence-corrected chi connectivity index (χ3v) is 8.47. The van der Waals surface area contributed by atoms with Crippen LogP contribution in [0.2, 0.25) is 0 Å². The molecule has 1 N–H and O–H groups in total. The van der Waals surface area contributed by atoms with Gasteiger partial charge in [-0.25, -0.2) is 13.2 Å². The summed E-state index contributed by atoms with van der Waals surface area (Å²) >= 11 is 1.16. The van der Waals surface area contributed by atoms with Crippen molar-refractivity contribution in [2.24, 2.45) is 0 Å². The van der Waals surface area contributed by atoms with Gasteiger partial charge in [0.25, 0.3) is 10.0 Å². The molecule has 0 unspecified atom stereocenters. The van der Waals surface area contributed by atoms with E-state index < -0.39 is 15.8 Å². The van der Waals surface area contributed by atoms with E-state index >= 15 is 0 Å². The summed E-state index contributed by atoms with van der Waals surface area (Å²) in [6.45, 7) is 2.13. The van der Waals surface area contributed by atoms with Gasteiger partial charge in [0.2, 0.25) is 5.91 Å². The largest absolute Gasteiger partial charge is 0.419 e. The van der Waals surface area contributed by atoms with Crippen LogP contribution in [0.25, 0.3) is 11.1 Å². The quantitative estimate of drug-likeness (QED) is 0.543. The van der Waals surface area contributed by atoms with Crippen LogP contribution >= 0.6 is 11.3 Å². The Bertz CT molecular complexity index is 1220. The number of hydrogen-bond donors (Lipinski definition) is 1. The molecule has 0 saturated carbocycles. The molecule has 2 aromatic heterocycles. The molecule has 9 nitrogen and oxygen atoms in total. The number of aryl methyl sites for hydroxylation is 1. The zero-order valence-electron chi connectivity index (χ0n) is 16.8. The molecule has 0 bridgehead atoms. The molecule has 1 fully saturated rings. The molecule has 166 valence electrons. The Balaban J connectivity index is 1.27. The van der Waals surface area contributed by atoms with Gasteiger partial charge in [0, 0.05) is 30.9 Å². The second-order valence-corrected chi connectivity index (χ2v) is 10.4. The molecule has 11 heteroatoms. The standard InChI is InChI=1S/C20H23N3O6S2/c24-18(6-3-9-23-16-4-1-2-5-17(16)29-20(23)25)21-14-15-7-8-19(30-15)31(26,27)22-10-12-28-13-11-22/h1-2,4-5,7-8H,3,6,9-14H2,(H,21,24). The van der Waals surface area contributed by atoms with Crippen molar-refractivity contribution < 1.29 is 22.4 Å². The lowest BCUT2D eigenvalue weighted by molar-refractivity contribution is -0.121. The molecule has 1 amide bonds. The summed E-state index contributed by atoms with van der Waals surface area (Å²) in [6.07, 6.45) is 0.729. The second kappa shape index (κ2) is 9.35. The van der Waals surface area contributed by atoms with E-state index in [4.69, 9.17) is 9.15 Å². The van der Waals surface area contributed by atoms with Crippen molar-refractivity contribution in [1.82, 2.24) is 14.2 Å². The van der Waals surface area contributed by atoms with Crippen LogP contribution in [0.5, 0.6) is 0 Å². The number of carbonyl (C=O) groups excluding carboxylic acids is 1. The number of nitrogens with one attached hydrogen (secondary N) is 1. The number of nitrogens with zero attached hydrogens (tertiary/aromatic N) is 2. The Labute approximate surface area is 183 Å². The highest BCUT2D eigenvalue weighted by Gasteiger charge is 2.27. The molecule has 0 aliphatic carbocycles.